The van der Waals surface area contributed by atoms with Gasteiger partial charge in [-0.15, -0.1) is 10.2 Å². The first-order valence-corrected chi connectivity index (χ1v) is 10.2. The number of carbonyl (C=O) groups excluding carboxylic acids is 1. The molecule has 0 unspecified atom stereocenters. The van der Waals surface area contributed by atoms with Crippen LogP contribution in [-0.2, 0) is 13.1 Å². The van der Waals surface area contributed by atoms with E-state index in [-0.39, 0.29) is 5.91 Å². The van der Waals surface area contributed by atoms with Gasteiger partial charge in [0.1, 0.15) is 6.33 Å². The van der Waals surface area contributed by atoms with Crippen molar-refractivity contribution in [3.8, 4) is 0 Å². The molecule has 1 saturated carbocycles. The van der Waals surface area contributed by atoms with Crippen LogP contribution >= 0.6 is 0 Å². The van der Waals surface area contributed by atoms with Gasteiger partial charge in [-0.1, -0.05) is 37.5 Å². The fraction of sp³-hybridized carbons (Fsp3) is 0.364. The highest BCUT2D eigenvalue weighted by atomic mass is 16.1. The van der Waals surface area contributed by atoms with Crippen LogP contribution in [0.15, 0.2) is 55.0 Å². The Bertz CT molecular complexity index is 933. The van der Waals surface area contributed by atoms with E-state index in [1.807, 2.05) is 42.5 Å². The third-order valence-electron chi connectivity index (χ3n) is 5.38. The summed E-state index contributed by atoms with van der Waals surface area (Å²) in [4.78, 5) is 17.1. The standard InChI is InChI=1S/C22H26N6O/c29-22(25-15-21-27-26-16-28(21)18-9-2-1-3-10-18)19-11-4-5-12-20(19)24-14-17-8-6-7-13-23-17/h4-8,11-13,16,18,24H,1-3,9-10,14-15H2,(H,25,29). The van der Waals surface area contributed by atoms with Crippen molar-refractivity contribution in [3.05, 3.63) is 72.1 Å². The largest absolute Gasteiger partial charge is 0.379 e. The second kappa shape index (κ2) is 9.32. The van der Waals surface area contributed by atoms with Crippen LogP contribution in [0.1, 0.15) is 60.0 Å². The van der Waals surface area contributed by atoms with E-state index in [9.17, 15) is 4.79 Å². The summed E-state index contributed by atoms with van der Waals surface area (Å²) >= 11 is 0. The summed E-state index contributed by atoms with van der Waals surface area (Å²) in [6.07, 6.45) is 9.64. The minimum Gasteiger partial charge on any atom is -0.379 e. The molecule has 0 saturated heterocycles. The molecular weight excluding hydrogens is 364 g/mol. The number of aromatic nitrogens is 4. The van der Waals surface area contributed by atoms with E-state index in [0.717, 1.165) is 30.0 Å². The minimum atomic E-state index is -0.132. The first kappa shape index (κ1) is 19.1. The highest BCUT2D eigenvalue weighted by molar-refractivity contribution is 5.99. The van der Waals surface area contributed by atoms with Crippen molar-refractivity contribution in [1.29, 1.82) is 0 Å². The molecule has 1 fully saturated rings. The van der Waals surface area contributed by atoms with Gasteiger partial charge in [0.05, 0.1) is 24.3 Å². The molecule has 1 aromatic carbocycles. The average molecular weight is 390 g/mol. The van der Waals surface area contributed by atoms with Crippen LogP contribution < -0.4 is 10.6 Å². The molecule has 150 valence electrons. The average Bonchev–Trinajstić information content (AvgIpc) is 3.26. The molecule has 0 radical (unpaired) electrons. The monoisotopic (exact) mass is 390 g/mol. The summed E-state index contributed by atoms with van der Waals surface area (Å²) in [7, 11) is 0. The number of para-hydroxylation sites is 1. The van der Waals surface area contributed by atoms with Crippen LogP contribution in [0, 0.1) is 0 Å². The molecule has 29 heavy (non-hydrogen) atoms. The fourth-order valence-electron chi connectivity index (χ4n) is 3.84. The topological polar surface area (TPSA) is 84.7 Å². The lowest BCUT2D eigenvalue weighted by Crippen LogP contribution is -2.26. The normalized spacial score (nSPS) is 14.5. The lowest BCUT2D eigenvalue weighted by atomic mass is 9.95. The molecular formula is C22H26N6O. The summed E-state index contributed by atoms with van der Waals surface area (Å²) in [6.45, 7) is 0.922. The van der Waals surface area contributed by atoms with Crippen molar-refractivity contribution in [2.24, 2.45) is 0 Å². The molecule has 7 heteroatoms. The maximum atomic E-state index is 12.8. The van der Waals surface area contributed by atoms with Crippen molar-refractivity contribution in [3.63, 3.8) is 0 Å². The van der Waals surface area contributed by atoms with Crippen LogP contribution in [0.4, 0.5) is 5.69 Å². The molecule has 0 atom stereocenters. The Kier molecular flexibility index (Phi) is 6.14. The molecule has 0 aliphatic heterocycles. The number of pyridine rings is 1. The Labute approximate surface area is 170 Å². The zero-order valence-corrected chi connectivity index (χ0v) is 16.4. The highest BCUT2D eigenvalue weighted by Crippen LogP contribution is 2.28. The summed E-state index contributed by atoms with van der Waals surface area (Å²) in [5, 5.41) is 14.6. The molecule has 2 aromatic heterocycles. The van der Waals surface area contributed by atoms with Gasteiger partial charge in [-0.25, -0.2) is 0 Å². The van der Waals surface area contributed by atoms with Gasteiger partial charge >= 0.3 is 0 Å². The number of anilines is 1. The highest BCUT2D eigenvalue weighted by Gasteiger charge is 2.19. The summed E-state index contributed by atoms with van der Waals surface area (Å²) in [6, 6.07) is 13.7. The molecule has 0 spiro atoms. The van der Waals surface area contributed by atoms with E-state index < -0.39 is 0 Å². The van der Waals surface area contributed by atoms with E-state index in [2.05, 4.69) is 30.4 Å². The fourth-order valence-corrected chi connectivity index (χ4v) is 3.84. The van der Waals surface area contributed by atoms with Gasteiger partial charge in [-0.05, 0) is 37.1 Å². The predicted molar refractivity (Wildman–Crippen MR) is 111 cm³/mol. The molecule has 3 aromatic rings. The zero-order valence-electron chi connectivity index (χ0n) is 16.4. The Morgan fingerprint density at radius 2 is 1.86 bits per heavy atom. The Morgan fingerprint density at radius 1 is 1.03 bits per heavy atom. The Morgan fingerprint density at radius 3 is 2.69 bits per heavy atom. The van der Waals surface area contributed by atoms with Crippen molar-refractivity contribution < 1.29 is 4.79 Å². The number of hydrogen-bond donors (Lipinski definition) is 2. The number of rotatable bonds is 7. The lowest BCUT2D eigenvalue weighted by Gasteiger charge is -2.24. The SMILES string of the molecule is O=C(NCc1nncn1C1CCCCC1)c1ccccc1NCc1ccccn1. The summed E-state index contributed by atoms with van der Waals surface area (Å²) < 4.78 is 2.13. The number of benzene rings is 1. The first-order valence-electron chi connectivity index (χ1n) is 10.2. The van der Waals surface area contributed by atoms with Crippen LogP contribution in [0.5, 0.6) is 0 Å². The third kappa shape index (κ3) is 4.80. The van der Waals surface area contributed by atoms with Crippen molar-refractivity contribution in [2.75, 3.05) is 5.32 Å². The maximum Gasteiger partial charge on any atom is 0.253 e. The molecule has 1 aliphatic carbocycles. The van der Waals surface area contributed by atoms with E-state index in [1.54, 1.807) is 12.5 Å². The zero-order chi connectivity index (χ0) is 19.9. The van der Waals surface area contributed by atoms with Gasteiger partial charge < -0.3 is 15.2 Å². The van der Waals surface area contributed by atoms with E-state index in [0.29, 0.717) is 24.7 Å². The van der Waals surface area contributed by atoms with Gasteiger partial charge in [0.2, 0.25) is 0 Å². The lowest BCUT2D eigenvalue weighted by molar-refractivity contribution is 0.0949. The minimum absolute atomic E-state index is 0.132. The quantitative estimate of drug-likeness (QED) is 0.642. The van der Waals surface area contributed by atoms with Crippen molar-refractivity contribution >= 4 is 11.6 Å². The number of amides is 1. The van der Waals surface area contributed by atoms with E-state index in [1.165, 1.54) is 19.3 Å². The van der Waals surface area contributed by atoms with Crippen molar-refractivity contribution in [1.82, 2.24) is 25.1 Å². The molecule has 0 bridgehead atoms. The molecule has 2 heterocycles. The number of hydrogen-bond acceptors (Lipinski definition) is 5. The van der Waals surface area contributed by atoms with Crippen molar-refractivity contribution in [2.45, 2.75) is 51.2 Å². The summed E-state index contributed by atoms with van der Waals surface area (Å²) in [5.74, 6) is 0.677. The van der Waals surface area contributed by atoms with E-state index in [4.69, 9.17) is 0 Å². The molecule has 4 rings (SSSR count). The maximum absolute atomic E-state index is 12.8. The van der Waals surface area contributed by atoms with Crippen LogP contribution in [0.2, 0.25) is 0 Å². The van der Waals surface area contributed by atoms with Gasteiger partial charge in [0, 0.05) is 17.9 Å². The second-order valence-electron chi connectivity index (χ2n) is 7.35. The first-order chi connectivity index (χ1) is 14.3. The Balaban J connectivity index is 1.40. The van der Waals surface area contributed by atoms with Crippen LogP contribution in [-0.4, -0.2) is 25.7 Å². The second-order valence-corrected chi connectivity index (χ2v) is 7.35. The van der Waals surface area contributed by atoms with Gasteiger partial charge in [-0.3, -0.25) is 9.78 Å². The third-order valence-corrected chi connectivity index (χ3v) is 5.38. The van der Waals surface area contributed by atoms with Gasteiger partial charge in [0.15, 0.2) is 5.82 Å². The number of carbonyl (C=O) groups is 1. The van der Waals surface area contributed by atoms with Gasteiger partial charge in [-0.2, -0.15) is 0 Å². The smallest absolute Gasteiger partial charge is 0.253 e. The number of nitrogens with zero attached hydrogens (tertiary/aromatic N) is 4. The van der Waals surface area contributed by atoms with Crippen LogP contribution in [0.25, 0.3) is 0 Å². The molecule has 1 amide bonds. The molecule has 1 aliphatic rings. The Hall–Kier alpha value is -3.22. The predicted octanol–water partition coefficient (Wildman–Crippen LogP) is 3.72. The molecule has 7 nitrogen and oxygen atoms in total. The van der Waals surface area contributed by atoms with Crippen LogP contribution in [0.3, 0.4) is 0 Å². The van der Waals surface area contributed by atoms with E-state index >= 15 is 0 Å². The number of nitrogens with one attached hydrogen (secondary N) is 2. The molecule has 2 N–H and O–H groups in total. The van der Waals surface area contributed by atoms with Gasteiger partial charge in [0.25, 0.3) is 5.91 Å². The summed E-state index contributed by atoms with van der Waals surface area (Å²) in [5.41, 5.74) is 2.31.